The zero-order chi connectivity index (χ0) is 36.5. The molecule has 1 aliphatic heterocycles. The Morgan fingerprint density at radius 1 is 0.547 bits per heavy atom. The summed E-state index contributed by atoms with van der Waals surface area (Å²) in [5.41, 5.74) is 11.8. The van der Waals surface area contributed by atoms with Gasteiger partial charge in [0, 0.05) is 46.1 Å². The van der Waals surface area contributed by atoms with Gasteiger partial charge in [0.2, 0.25) is 0 Å². The van der Waals surface area contributed by atoms with Gasteiger partial charge in [-0.25, -0.2) is 4.98 Å². The summed E-state index contributed by atoms with van der Waals surface area (Å²) < 4.78 is 0. The maximum Gasteiger partial charge on any atom is 0.126 e. The van der Waals surface area contributed by atoms with Crippen LogP contribution in [0.15, 0.2) is 116 Å². The minimum atomic E-state index is 0. The Morgan fingerprint density at radius 2 is 1.11 bits per heavy atom. The monoisotopic (exact) mass is 881 g/mol. The second-order valence-electron chi connectivity index (χ2n) is 14.8. The summed E-state index contributed by atoms with van der Waals surface area (Å²) in [7, 11) is 0. The molecule has 0 unspecified atom stereocenters. The number of benzene rings is 4. The van der Waals surface area contributed by atoms with E-state index in [9.17, 15) is 0 Å². The number of anilines is 4. The van der Waals surface area contributed by atoms with Gasteiger partial charge in [-0.3, -0.25) is 4.98 Å². The second-order valence-corrected chi connectivity index (χ2v) is 14.8. The third-order valence-corrected chi connectivity index (χ3v) is 9.87. The molecule has 7 aromatic rings. The van der Waals surface area contributed by atoms with E-state index in [0.29, 0.717) is 29.5 Å². The van der Waals surface area contributed by atoms with Crippen LogP contribution in [0.4, 0.5) is 22.9 Å². The number of pyridine rings is 2. The van der Waals surface area contributed by atoms with Crippen molar-refractivity contribution in [3.63, 3.8) is 0 Å². The van der Waals surface area contributed by atoms with E-state index >= 15 is 0 Å². The van der Waals surface area contributed by atoms with Crippen molar-refractivity contribution >= 4 is 44.7 Å². The molecule has 4 aromatic carbocycles. The molecule has 1 radical (unpaired) electrons. The molecule has 275 valence electrons. The predicted octanol–water partition coefficient (Wildman–Crippen LogP) is 12.4. The third kappa shape index (κ3) is 7.41. The van der Waals surface area contributed by atoms with Gasteiger partial charge in [0.1, 0.15) is 5.82 Å². The average Bonchev–Trinajstić information content (AvgIpc) is 3.77. The molecule has 0 aliphatic carbocycles. The Hall–Kier alpha value is -4.75. The van der Waals surface area contributed by atoms with E-state index in [0.717, 1.165) is 33.6 Å². The van der Waals surface area contributed by atoms with Crippen LogP contribution in [0.25, 0.3) is 33.3 Å². The first-order chi connectivity index (χ1) is 25.1. The quantitative estimate of drug-likeness (QED) is 0.117. The number of fused-ring (bicyclic) bond motifs is 4. The largest absolute Gasteiger partial charge is 0.471 e. The SMILES string of the molecule is CC(C)c1cccc(C(C)C)c1N1[CH-]N(c2c(C(C)C)cccc2C(C)C)c2ncccc21.[Au].c1ccc(-c2nc3c(ccc4ccccc43)[n-]2)nc1. The molecule has 0 saturated heterocycles. The smallest absolute Gasteiger partial charge is 0.126 e. The number of aromatic nitrogens is 4. The van der Waals surface area contributed by atoms with Crippen LogP contribution in [-0.4, -0.2) is 15.0 Å². The van der Waals surface area contributed by atoms with Crippen LogP contribution in [0, 0.1) is 6.67 Å². The Labute approximate surface area is 330 Å². The van der Waals surface area contributed by atoms with Crippen molar-refractivity contribution in [3.8, 4) is 11.5 Å². The summed E-state index contributed by atoms with van der Waals surface area (Å²) in [5, 5.41) is 2.32. The summed E-state index contributed by atoms with van der Waals surface area (Å²) in [5.74, 6) is 3.38. The van der Waals surface area contributed by atoms with E-state index in [1.54, 1.807) is 6.20 Å². The van der Waals surface area contributed by atoms with Crippen LogP contribution in [0.3, 0.4) is 0 Å². The van der Waals surface area contributed by atoms with E-state index in [2.05, 4.69) is 147 Å². The van der Waals surface area contributed by atoms with Crippen molar-refractivity contribution < 1.29 is 22.4 Å². The van der Waals surface area contributed by atoms with Gasteiger partial charge in [0.25, 0.3) is 0 Å². The molecule has 0 saturated carbocycles. The summed E-state index contributed by atoms with van der Waals surface area (Å²) in [4.78, 5) is 23.1. The van der Waals surface area contributed by atoms with Crippen LogP contribution < -0.4 is 14.8 Å². The summed E-state index contributed by atoms with van der Waals surface area (Å²) in [6, 6.07) is 35.8. The molecule has 0 atom stereocenters. The average molecular weight is 882 g/mol. The van der Waals surface area contributed by atoms with Crippen LogP contribution >= 0.6 is 0 Å². The first-order valence-corrected chi connectivity index (χ1v) is 18.5. The van der Waals surface area contributed by atoms with Gasteiger partial charge in [-0.1, -0.05) is 134 Å². The number of hydrogen-bond donors (Lipinski definition) is 0. The fraction of sp³-hybridized carbons (Fsp3) is 0.261. The standard InChI is InChI=1S/C30H38N3.C16H10N3.Au/c1-19(2)23-12-9-13-24(20(3)4)28(23)32-18-33(30-27(32)16-11-17-31-30)29-25(21(5)6)14-10-15-26(29)22(7)8;1-2-6-12-11(5-1)8-9-13-15(12)19-16(18-13)14-7-3-4-10-17-14;/h9-22H,1-8H3;1-10H;/q2*-1;. The first-order valence-electron chi connectivity index (χ1n) is 18.5. The van der Waals surface area contributed by atoms with E-state index in [-0.39, 0.29) is 22.4 Å². The molecule has 53 heavy (non-hydrogen) atoms. The molecule has 0 N–H and O–H groups in total. The second kappa shape index (κ2) is 16.1. The molecular weight excluding hydrogens is 834 g/mol. The van der Waals surface area contributed by atoms with Crippen molar-refractivity contribution in [2.75, 3.05) is 9.80 Å². The van der Waals surface area contributed by atoms with Crippen LogP contribution in [0.5, 0.6) is 0 Å². The normalized spacial score (nSPS) is 12.5. The van der Waals surface area contributed by atoms with Gasteiger partial charge in [-0.2, -0.15) is 0 Å². The fourth-order valence-electron chi connectivity index (χ4n) is 7.22. The van der Waals surface area contributed by atoms with E-state index < -0.39 is 0 Å². The third-order valence-electron chi connectivity index (χ3n) is 9.87. The van der Waals surface area contributed by atoms with Crippen LogP contribution in [0.2, 0.25) is 0 Å². The molecule has 6 nitrogen and oxygen atoms in total. The minimum Gasteiger partial charge on any atom is -0.471 e. The number of nitrogens with zero attached hydrogens (tertiary/aromatic N) is 6. The van der Waals surface area contributed by atoms with Crippen molar-refractivity contribution in [2.24, 2.45) is 0 Å². The van der Waals surface area contributed by atoms with Gasteiger partial charge >= 0.3 is 0 Å². The van der Waals surface area contributed by atoms with Gasteiger partial charge in [-0.05, 0) is 97.8 Å². The molecule has 8 rings (SSSR count). The van der Waals surface area contributed by atoms with Crippen LogP contribution in [0.1, 0.15) is 101 Å². The summed E-state index contributed by atoms with van der Waals surface area (Å²) in [6.45, 7) is 20.5. The molecular formula is C46H48AuN6-2. The van der Waals surface area contributed by atoms with Crippen molar-refractivity contribution in [2.45, 2.75) is 79.1 Å². The Kier molecular flexibility index (Phi) is 11.5. The fourth-order valence-corrected chi connectivity index (χ4v) is 7.22. The van der Waals surface area contributed by atoms with Gasteiger partial charge in [0.15, 0.2) is 0 Å². The Balaban J connectivity index is 0.000000203. The molecule has 7 heteroatoms. The zero-order valence-corrected chi connectivity index (χ0v) is 34.0. The molecule has 1 aliphatic rings. The topological polar surface area (TPSA) is 59.3 Å². The van der Waals surface area contributed by atoms with Crippen molar-refractivity contribution in [1.82, 2.24) is 19.9 Å². The Bertz CT molecular complexity index is 2180. The number of rotatable bonds is 7. The summed E-state index contributed by atoms with van der Waals surface area (Å²) in [6.07, 6.45) is 3.67. The zero-order valence-electron chi connectivity index (χ0n) is 31.8. The first kappa shape index (κ1) is 38.0. The molecule has 0 bridgehead atoms. The molecule has 0 spiro atoms. The molecule has 0 fully saturated rings. The minimum absolute atomic E-state index is 0. The number of para-hydroxylation sites is 2. The van der Waals surface area contributed by atoms with Gasteiger partial charge in [-0.15, -0.1) is 6.67 Å². The van der Waals surface area contributed by atoms with E-state index in [1.165, 1.54) is 39.0 Å². The van der Waals surface area contributed by atoms with Crippen molar-refractivity contribution in [1.29, 1.82) is 0 Å². The Morgan fingerprint density at radius 3 is 1.70 bits per heavy atom. The maximum absolute atomic E-state index is 4.90. The number of imidazole rings is 1. The van der Waals surface area contributed by atoms with Gasteiger partial charge < -0.3 is 19.8 Å². The van der Waals surface area contributed by atoms with Crippen LogP contribution in [-0.2, 0) is 22.4 Å². The van der Waals surface area contributed by atoms with Crippen molar-refractivity contribution in [3.05, 3.63) is 144 Å². The predicted molar refractivity (Wildman–Crippen MR) is 218 cm³/mol. The molecule has 3 aromatic heterocycles. The summed E-state index contributed by atoms with van der Waals surface area (Å²) >= 11 is 0. The number of hydrogen-bond acceptors (Lipinski definition) is 5. The van der Waals surface area contributed by atoms with E-state index in [1.807, 2.05) is 48.7 Å². The van der Waals surface area contributed by atoms with Gasteiger partial charge in [0.05, 0.1) is 11.4 Å². The molecule has 0 amide bonds. The maximum atomic E-state index is 4.90. The molecule has 4 heterocycles. The van der Waals surface area contributed by atoms with E-state index in [4.69, 9.17) is 4.98 Å².